The summed E-state index contributed by atoms with van der Waals surface area (Å²) in [6.07, 6.45) is 6.33. The zero-order valence-corrected chi connectivity index (χ0v) is 11.3. The third kappa shape index (κ3) is 3.66. The third-order valence-electron chi connectivity index (χ3n) is 3.18. The molecule has 1 aliphatic rings. The van der Waals surface area contributed by atoms with Gasteiger partial charge in [0.1, 0.15) is 5.82 Å². The van der Waals surface area contributed by atoms with E-state index in [1.807, 2.05) is 12.2 Å². The molecule has 1 aromatic rings. The Morgan fingerprint density at radius 2 is 2.05 bits per heavy atom. The van der Waals surface area contributed by atoms with Gasteiger partial charge in [0.15, 0.2) is 0 Å². The standard InChI is InChI=1S/C15H17FN2O2/c1-10(19)17-12-7-8-13(16)14(9-12)18-15(20)11-5-3-2-4-6-11/h2-3,7-9,11H,4-6H2,1H3,(H,17,19)(H,18,20). The maximum Gasteiger partial charge on any atom is 0.227 e. The third-order valence-corrected chi connectivity index (χ3v) is 3.18. The number of halogens is 1. The Hall–Kier alpha value is -2.17. The summed E-state index contributed by atoms with van der Waals surface area (Å²) in [7, 11) is 0. The van der Waals surface area contributed by atoms with E-state index in [2.05, 4.69) is 10.6 Å². The molecule has 0 spiro atoms. The van der Waals surface area contributed by atoms with Crippen LogP contribution in [0.2, 0.25) is 0 Å². The van der Waals surface area contributed by atoms with Crippen molar-refractivity contribution in [2.45, 2.75) is 26.2 Å². The van der Waals surface area contributed by atoms with Gasteiger partial charge in [0.05, 0.1) is 5.69 Å². The number of benzene rings is 1. The molecule has 4 nitrogen and oxygen atoms in total. The first-order valence-corrected chi connectivity index (χ1v) is 6.59. The highest BCUT2D eigenvalue weighted by Gasteiger charge is 2.19. The summed E-state index contributed by atoms with van der Waals surface area (Å²) in [5, 5.41) is 5.15. The normalized spacial score (nSPS) is 17.6. The van der Waals surface area contributed by atoms with E-state index < -0.39 is 5.82 Å². The monoisotopic (exact) mass is 276 g/mol. The fourth-order valence-electron chi connectivity index (χ4n) is 2.17. The van der Waals surface area contributed by atoms with Crippen LogP contribution >= 0.6 is 0 Å². The second-order valence-electron chi connectivity index (χ2n) is 4.85. The topological polar surface area (TPSA) is 58.2 Å². The fraction of sp³-hybridized carbons (Fsp3) is 0.333. The second-order valence-corrected chi connectivity index (χ2v) is 4.85. The van der Waals surface area contributed by atoms with Crippen molar-refractivity contribution in [3.8, 4) is 0 Å². The van der Waals surface area contributed by atoms with E-state index in [-0.39, 0.29) is 23.4 Å². The lowest BCUT2D eigenvalue weighted by Crippen LogP contribution is -2.24. The molecular weight excluding hydrogens is 259 g/mol. The van der Waals surface area contributed by atoms with Crippen LogP contribution in [-0.2, 0) is 9.59 Å². The number of anilines is 2. The molecule has 0 fully saturated rings. The molecule has 1 aliphatic carbocycles. The summed E-state index contributed by atoms with van der Waals surface area (Å²) >= 11 is 0. The Morgan fingerprint density at radius 1 is 1.25 bits per heavy atom. The van der Waals surface area contributed by atoms with E-state index in [1.54, 1.807) is 0 Å². The lowest BCUT2D eigenvalue weighted by Gasteiger charge is -2.17. The first-order chi connectivity index (χ1) is 9.56. The van der Waals surface area contributed by atoms with Crippen molar-refractivity contribution in [3.63, 3.8) is 0 Å². The summed E-state index contributed by atoms with van der Waals surface area (Å²) in [5.41, 5.74) is 0.550. The van der Waals surface area contributed by atoms with Gasteiger partial charge >= 0.3 is 0 Å². The van der Waals surface area contributed by atoms with Crippen molar-refractivity contribution in [1.29, 1.82) is 0 Å². The summed E-state index contributed by atoms with van der Waals surface area (Å²) in [6.45, 7) is 1.37. The van der Waals surface area contributed by atoms with Crippen molar-refractivity contribution >= 4 is 23.2 Å². The van der Waals surface area contributed by atoms with Gasteiger partial charge in [-0.1, -0.05) is 12.2 Å². The van der Waals surface area contributed by atoms with Gasteiger partial charge in [-0.25, -0.2) is 4.39 Å². The molecule has 20 heavy (non-hydrogen) atoms. The molecule has 1 aromatic carbocycles. The number of hydrogen-bond acceptors (Lipinski definition) is 2. The van der Waals surface area contributed by atoms with Crippen LogP contribution in [-0.4, -0.2) is 11.8 Å². The average Bonchev–Trinajstić information content (AvgIpc) is 2.43. The predicted octanol–water partition coefficient (Wildman–Crippen LogP) is 3.08. The zero-order chi connectivity index (χ0) is 14.5. The smallest absolute Gasteiger partial charge is 0.227 e. The van der Waals surface area contributed by atoms with Crippen molar-refractivity contribution in [2.24, 2.45) is 5.92 Å². The number of allylic oxidation sites excluding steroid dienone is 2. The van der Waals surface area contributed by atoms with Crippen LogP contribution < -0.4 is 10.6 Å². The Bertz CT molecular complexity index is 555. The molecule has 2 rings (SSSR count). The molecule has 0 heterocycles. The maximum absolute atomic E-state index is 13.7. The molecule has 2 amide bonds. The minimum atomic E-state index is -0.515. The Morgan fingerprint density at radius 3 is 2.70 bits per heavy atom. The first kappa shape index (κ1) is 14.2. The van der Waals surface area contributed by atoms with Crippen molar-refractivity contribution in [3.05, 3.63) is 36.2 Å². The van der Waals surface area contributed by atoms with Gasteiger partial charge in [-0.2, -0.15) is 0 Å². The number of carbonyl (C=O) groups excluding carboxylic acids is 2. The average molecular weight is 276 g/mol. The van der Waals surface area contributed by atoms with E-state index in [0.717, 1.165) is 12.8 Å². The quantitative estimate of drug-likeness (QED) is 0.833. The van der Waals surface area contributed by atoms with Gasteiger partial charge in [0.2, 0.25) is 11.8 Å². The summed E-state index contributed by atoms with van der Waals surface area (Å²) in [4.78, 5) is 23.0. The number of carbonyl (C=O) groups is 2. The molecule has 1 atom stereocenters. The summed E-state index contributed by atoms with van der Waals surface area (Å²) in [5.74, 6) is -1.07. The van der Waals surface area contributed by atoms with E-state index in [4.69, 9.17) is 0 Å². The molecule has 0 saturated heterocycles. The van der Waals surface area contributed by atoms with Gasteiger partial charge in [-0.05, 0) is 37.5 Å². The Balaban J connectivity index is 2.09. The molecule has 5 heteroatoms. The van der Waals surface area contributed by atoms with Crippen molar-refractivity contribution in [2.75, 3.05) is 10.6 Å². The van der Waals surface area contributed by atoms with Crippen molar-refractivity contribution < 1.29 is 14.0 Å². The van der Waals surface area contributed by atoms with E-state index in [0.29, 0.717) is 12.1 Å². The number of hydrogen-bond donors (Lipinski definition) is 2. The van der Waals surface area contributed by atoms with Crippen molar-refractivity contribution in [1.82, 2.24) is 0 Å². The molecule has 0 saturated carbocycles. The first-order valence-electron chi connectivity index (χ1n) is 6.59. The predicted molar refractivity (Wildman–Crippen MR) is 75.8 cm³/mol. The van der Waals surface area contributed by atoms with Crippen LogP contribution in [0.3, 0.4) is 0 Å². The lowest BCUT2D eigenvalue weighted by atomic mass is 9.93. The molecular formula is C15H17FN2O2. The largest absolute Gasteiger partial charge is 0.326 e. The SMILES string of the molecule is CC(=O)Nc1ccc(F)c(NC(=O)C2CC=CCC2)c1. The zero-order valence-electron chi connectivity index (χ0n) is 11.3. The van der Waals surface area contributed by atoms with E-state index >= 15 is 0 Å². The molecule has 2 N–H and O–H groups in total. The van der Waals surface area contributed by atoms with Crippen LogP contribution in [0.15, 0.2) is 30.4 Å². The number of nitrogens with one attached hydrogen (secondary N) is 2. The van der Waals surface area contributed by atoms with Gasteiger partial charge < -0.3 is 10.6 Å². The molecule has 0 aliphatic heterocycles. The van der Waals surface area contributed by atoms with Gasteiger partial charge in [0, 0.05) is 18.5 Å². The highest BCUT2D eigenvalue weighted by molar-refractivity contribution is 5.94. The molecule has 0 aromatic heterocycles. The number of rotatable bonds is 3. The molecule has 106 valence electrons. The van der Waals surface area contributed by atoms with Crippen LogP contribution in [0.1, 0.15) is 26.2 Å². The summed E-state index contributed by atoms with van der Waals surface area (Å²) < 4.78 is 13.7. The van der Waals surface area contributed by atoms with Crippen LogP contribution in [0.4, 0.5) is 15.8 Å². The molecule has 1 unspecified atom stereocenters. The molecule has 0 radical (unpaired) electrons. The summed E-state index contributed by atoms with van der Waals surface area (Å²) in [6, 6.07) is 4.10. The highest BCUT2D eigenvalue weighted by atomic mass is 19.1. The van der Waals surface area contributed by atoms with E-state index in [1.165, 1.54) is 25.1 Å². The minimum absolute atomic E-state index is 0.0933. The van der Waals surface area contributed by atoms with Gasteiger partial charge in [-0.3, -0.25) is 9.59 Å². The minimum Gasteiger partial charge on any atom is -0.326 e. The Labute approximate surface area is 117 Å². The maximum atomic E-state index is 13.7. The van der Waals surface area contributed by atoms with E-state index in [9.17, 15) is 14.0 Å². The highest BCUT2D eigenvalue weighted by Crippen LogP contribution is 2.23. The number of amides is 2. The lowest BCUT2D eigenvalue weighted by molar-refractivity contribution is -0.120. The second kappa shape index (κ2) is 6.32. The fourth-order valence-corrected chi connectivity index (χ4v) is 2.17. The Kier molecular flexibility index (Phi) is 4.50. The van der Waals surface area contributed by atoms with Gasteiger partial charge in [-0.15, -0.1) is 0 Å². The van der Waals surface area contributed by atoms with Gasteiger partial charge in [0.25, 0.3) is 0 Å². The van der Waals surface area contributed by atoms with Crippen LogP contribution in [0.5, 0.6) is 0 Å². The van der Waals surface area contributed by atoms with Crippen LogP contribution in [0, 0.1) is 11.7 Å². The molecule has 0 bridgehead atoms. The van der Waals surface area contributed by atoms with Crippen LogP contribution in [0.25, 0.3) is 0 Å².